The van der Waals surface area contributed by atoms with E-state index in [1.165, 1.54) is 0 Å². The largest absolute Gasteiger partial charge is 0.369 e. The Morgan fingerprint density at radius 2 is 2.22 bits per heavy atom. The van der Waals surface area contributed by atoms with Crippen molar-refractivity contribution >= 4 is 40.8 Å². The van der Waals surface area contributed by atoms with E-state index in [4.69, 9.17) is 29.6 Å². The summed E-state index contributed by atoms with van der Waals surface area (Å²) in [6.07, 6.45) is 0. The molecule has 6 heteroatoms. The lowest BCUT2D eigenvalue weighted by atomic mass is 9.92. The number of nitrogens with zero attached hydrogens (tertiary/aromatic N) is 1. The van der Waals surface area contributed by atoms with Crippen LogP contribution >= 0.6 is 23.8 Å². The van der Waals surface area contributed by atoms with Gasteiger partial charge >= 0.3 is 0 Å². The zero-order valence-electron chi connectivity index (χ0n) is 10.2. The zero-order valence-corrected chi connectivity index (χ0v) is 11.7. The predicted molar refractivity (Wildman–Crippen MR) is 75.1 cm³/mol. The number of carbonyl (C=O) groups is 1. The van der Waals surface area contributed by atoms with E-state index in [1.807, 2.05) is 16.7 Å². The van der Waals surface area contributed by atoms with Crippen LogP contribution in [0, 0.1) is 10.2 Å². The molecule has 0 radical (unpaired) electrons. The average molecular weight is 284 g/mol. The Morgan fingerprint density at radius 1 is 1.56 bits per heavy atom. The van der Waals surface area contributed by atoms with Gasteiger partial charge in [0.1, 0.15) is 0 Å². The fourth-order valence-electron chi connectivity index (χ4n) is 1.78. The Balaban J connectivity index is 2.59. The van der Waals surface area contributed by atoms with Crippen LogP contribution in [-0.2, 0) is 11.3 Å². The number of imidazole rings is 1. The van der Waals surface area contributed by atoms with Crippen molar-refractivity contribution in [2.75, 3.05) is 0 Å². The molecule has 2 aromatic rings. The number of halogens is 1. The van der Waals surface area contributed by atoms with Crippen molar-refractivity contribution in [3.8, 4) is 0 Å². The molecule has 0 saturated heterocycles. The summed E-state index contributed by atoms with van der Waals surface area (Å²) in [5.41, 5.74) is 6.38. The first-order chi connectivity index (χ1) is 8.33. The van der Waals surface area contributed by atoms with E-state index in [2.05, 4.69) is 4.98 Å². The van der Waals surface area contributed by atoms with Gasteiger partial charge in [-0.3, -0.25) is 4.79 Å². The van der Waals surface area contributed by atoms with Crippen LogP contribution < -0.4 is 5.73 Å². The summed E-state index contributed by atoms with van der Waals surface area (Å²) < 4.78 is 2.38. The molecule has 1 aromatic carbocycles. The monoisotopic (exact) mass is 283 g/mol. The predicted octanol–water partition coefficient (Wildman–Crippen LogP) is 2.86. The maximum atomic E-state index is 11.4. The SMILES string of the molecule is CC(C)(Cn1c(=S)[nH]c2c(Cl)cccc21)C(N)=O. The van der Waals surface area contributed by atoms with E-state index < -0.39 is 5.41 Å². The summed E-state index contributed by atoms with van der Waals surface area (Å²) in [5, 5.41) is 0.606. The first kappa shape index (κ1) is 13.1. The van der Waals surface area contributed by atoms with E-state index in [1.54, 1.807) is 19.9 Å². The molecular formula is C12H14ClN3OS. The highest BCUT2D eigenvalue weighted by molar-refractivity contribution is 7.71. The Hall–Kier alpha value is -1.33. The zero-order chi connectivity index (χ0) is 13.5. The maximum Gasteiger partial charge on any atom is 0.224 e. The molecule has 0 aliphatic heterocycles. The molecule has 0 aliphatic carbocycles. The van der Waals surface area contributed by atoms with Crippen LogP contribution in [0.4, 0.5) is 0 Å². The lowest BCUT2D eigenvalue weighted by Gasteiger charge is -2.21. The molecule has 3 N–H and O–H groups in total. The Bertz CT molecular complexity index is 672. The summed E-state index contributed by atoms with van der Waals surface area (Å²) >= 11 is 11.4. The number of hydrogen-bond donors (Lipinski definition) is 2. The Kier molecular flexibility index (Phi) is 3.21. The number of para-hydroxylation sites is 1. The van der Waals surface area contributed by atoms with Crippen molar-refractivity contribution in [3.05, 3.63) is 28.0 Å². The van der Waals surface area contributed by atoms with Crippen molar-refractivity contribution in [1.29, 1.82) is 0 Å². The second-order valence-electron chi connectivity index (χ2n) is 4.90. The number of carbonyl (C=O) groups excluding carboxylic acids is 1. The molecule has 18 heavy (non-hydrogen) atoms. The molecule has 0 bridgehead atoms. The number of aromatic nitrogens is 2. The second kappa shape index (κ2) is 4.40. The Labute approximate surface area is 115 Å². The minimum atomic E-state index is -0.671. The van der Waals surface area contributed by atoms with Crippen molar-refractivity contribution in [1.82, 2.24) is 9.55 Å². The molecule has 1 heterocycles. The molecule has 0 saturated carbocycles. The van der Waals surface area contributed by atoms with Gasteiger partial charge in [-0.15, -0.1) is 0 Å². The molecule has 0 atom stereocenters. The lowest BCUT2D eigenvalue weighted by Crippen LogP contribution is -2.35. The van der Waals surface area contributed by atoms with Crippen LogP contribution in [0.1, 0.15) is 13.8 Å². The third-order valence-corrected chi connectivity index (χ3v) is 3.62. The minimum absolute atomic E-state index is 0.360. The molecule has 0 fully saturated rings. The van der Waals surface area contributed by atoms with Gasteiger partial charge in [0.25, 0.3) is 0 Å². The molecule has 0 unspecified atom stereocenters. The van der Waals surface area contributed by atoms with Gasteiger partial charge < -0.3 is 15.3 Å². The van der Waals surface area contributed by atoms with Gasteiger partial charge in [0.2, 0.25) is 5.91 Å². The van der Waals surface area contributed by atoms with Crippen molar-refractivity contribution < 1.29 is 4.79 Å². The topological polar surface area (TPSA) is 63.8 Å². The molecule has 4 nitrogen and oxygen atoms in total. The number of nitrogens with two attached hydrogens (primary N) is 1. The molecule has 0 aliphatic rings. The number of primary amides is 1. The van der Waals surface area contributed by atoms with Crippen LogP contribution in [-0.4, -0.2) is 15.5 Å². The van der Waals surface area contributed by atoms with E-state index >= 15 is 0 Å². The number of hydrogen-bond acceptors (Lipinski definition) is 2. The molecule has 1 aromatic heterocycles. The highest BCUT2D eigenvalue weighted by Crippen LogP contribution is 2.26. The van der Waals surface area contributed by atoms with E-state index in [-0.39, 0.29) is 5.91 Å². The van der Waals surface area contributed by atoms with E-state index in [9.17, 15) is 4.79 Å². The third-order valence-electron chi connectivity index (χ3n) is 2.98. The molecule has 0 spiro atoms. The summed E-state index contributed by atoms with van der Waals surface area (Å²) in [5.74, 6) is -0.360. The molecule has 1 amide bonds. The third kappa shape index (κ3) is 2.15. The summed E-state index contributed by atoms with van der Waals surface area (Å²) in [7, 11) is 0. The van der Waals surface area contributed by atoms with Crippen LogP contribution in [0.15, 0.2) is 18.2 Å². The quantitative estimate of drug-likeness (QED) is 0.851. The van der Waals surface area contributed by atoms with Gasteiger partial charge in [-0.1, -0.05) is 17.7 Å². The average Bonchev–Trinajstić information content (AvgIpc) is 2.57. The van der Waals surface area contributed by atoms with E-state index in [0.717, 1.165) is 11.0 Å². The summed E-state index contributed by atoms with van der Waals surface area (Å²) in [4.78, 5) is 14.5. The molecule has 2 rings (SSSR count). The van der Waals surface area contributed by atoms with Crippen LogP contribution in [0.3, 0.4) is 0 Å². The van der Waals surface area contributed by atoms with Gasteiger partial charge in [0.05, 0.1) is 21.5 Å². The van der Waals surface area contributed by atoms with Gasteiger partial charge in [0, 0.05) is 6.54 Å². The second-order valence-corrected chi connectivity index (χ2v) is 5.69. The van der Waals surface area contributed by atoms with Crippen molar-refractivity contribution in [3.63, 3.8) is 0 Å². The number of benzene rings is 1. The number of aromatic amines is 1. The number of H-pyrrole nitrogens is 1. The Morgan fingerprint density at radius 3 is 2.83 bits per heavy atom. The smallest absolute Gasteiger partial charge is 0.224 e. The fourth-order valence-corrected chi connectivity index (χ4v) is 2.26. The number of rotatable bonds is 3. The maximum absolute atomic E-state index is 11.4. The first-order valence-electron chi connectivity index (χ1n) is 5.50. The highest BCUT2D eigenvalue weighted by atomic mass is 35.5. The molecule has 96 valence electrons. The van der Waals surface area contributed by atoms with Crippen LogP contribution in [0.25, 0.3) is 11.0 Å². The number of nitrogens with one attached hydrogen (secondary N) is 1. The standard InChI is InChI=1S/C12H14ClN3OS/c1-12(2,10(14)17)6-16-8-5-3-4-7(13)9(8)15-11(16)18/h3-5H,6H2,1-2H3,(H2,14,17)(H,15,18). The highest BCUT2D eigenvalue weighted by Gasteiger charge is 2.26. The minimum Gasteiger partial charge on any atom is -0.369 e. The fraction of sp³-hybridized carbons (Fsp3) is 0.333. The first-order valence-corrected chi connectivity index (χ1v) is 6.28. The van der Waals surface area contributed by atoms with Gasteiger partial charge in [-0.25, -0.2) is 0 Å². The molecular weight excluding hydrogens is 270 g/mol. The lowest BCUT2D eigenvalue weighted by molar-refractivity contribution is -0.126. The summed E-state index contributed by atoms with van der Waals surface area (Å²) in [6, 6.07) is 5.55. The number of fused-ring (bicyclic) bond motifs is 1. The van der Waals surface area contributed by atoms with Crippen LogP contribution in [0.2, 0.25) is 5.02 Å². The van der Waals surface area contributed by atoms with Gasteiger partial charge in [-0.05, 0) is 38.2 Å². The van der Waals surface area contributed by atoms with Crippen molar-refractivity contribution in [2.24, 2.45) is 11.1 Å². The number of amides is 1. The normalized spacial score (nSPS) is 11.9. The summed E-state index contributed by atoms with van der Waals surface area (Å²) in [6.45, 7) is 4.00. The van der Waals surface area contributed by atoms with Crippen molar-refractivity contribution in [2.45, 2.75) is 20.4 Å². The van der Waals surface area contributed by atoms with Gasteiger partial charge in [-0.2, -0.15) is 0 Å². The van der Waals surface area contributed by atoms with Gasteiger partial charge in [0.15, 0.2) is 4.77 Å². The van der Waals surface area contributed by atoms with E-state index in [0.29, 0.717) is 16.3 Å². The van der Waals surface area contributed by atoms with Crippen LogP contribution in [0.5, 0.6) is 0 Å².